The summed E-state index contributed by atoms with van der Waals surface area (Å²) in [6, 6.07) is 8.78. The Kier molecular flexibility index (Phi) is 7.40. The molecule has 0 bridgehead atoms. The summed E-state index contributed by atoms with van der Waals surface area (Å²) in [5, 5.41) is 11.5. The number of aryl methyl sites for hydroxylation is 2. The van der Waals surface area contributed by atoms with Crippen molar-refractivity contribution in [1.82, 2.24) is 4.98 Å². The highest BCUT2D eigenvalue weighted by molar-refractivity contribution is 7.17. The smallest absolute Gasteiger partial charge is 0.350 e. The van der Waals surface area contributed by atoms with E-state index in [1.807, 2.05) is 0 Å². The molecule has 2 aromatic carbocycles. The number of aliphatic hydroxyl groups is 1. The number of aromatic nitrogens is 1. The topological polar surface area (TPSA) is 124 Å². The van der Waals surface area contributed by atoms with Gasteiger partial charge in [-0.25, -0.2) is 9.78 Å². The summed E-state index contributed by atoms with van der Waals surface area (Å²) in [7, 11) is 5.73. The molecule has 0 spiro atoms. The summed E-state index contributed by atoms with van der Waals surface area (Å²) in [5.74, 6) is -1.37. The van der Waals surface area contributed by atoms with Gasteiger partial charge in [0.25, 0.3) is 5.78 Å². The van der Waals surface area contributed by atoms with E-state index in [0.29, 0.717) is 34.1 Å². The van der Waals surface area contributed by atoms with Crippen LogP contribution in [0.4, 0.5) is 5.13 Å². The van der Waals surface area contributed by atoms with E-state index in [1.54, 1.807) is 50.2 Å². The molecule has 1 aliphatic rings. The summed E-state index contributed by atoms with van der Waals surface area (Å²) in [6.07, 6.45) is 0. The van der Waals surface area contributed by atoms with Crippen LogP contribution >= 0.6 is 11.3 Å². The van der Waals surface area contributed by atoms with E-state index in [9.17, 15) is 19.5 Å². The lowest BCUT2D eigenvalue weighted by molar-refractivity contribution is -0.132. The number of hydrogen-bond acceptors (Lipinski definition) is 10. The van der Waals surface area contributed by atoms with Crippen molar-refractivity contribution in [3.05, 3.63) is 69.2 Å². The molecule has 2 heterocycles. The summed E-state index contributed by atoms with van der Waals surface area (Å²) in [5.41, 5.74) is 1.72. The highest BCUT2D eigenvalue weighted by Gasteiger charge is 2.48. The lowest BCUT2D eigenvalue weighted by atomic mass is 9.94. The highest BCUT2D eigenvalue weighted by atomic mass is 32.1. The molecule has 0 radical (unpaired) electrons. The first kappa shape index (κ1) is 26.7. The average Bonchev–Trinajstić information content (AvgIpc) is 3.43. The molecule has 10 nitrogen and oxygen atoms in total. The molecule has 1 aliphatic heterocycles. The van der Waals surface area contributed by atoms with Gasteiger partial charge in [0.15, 0.2) is 16.6 Å². The number of amides is 1. The third kappa shape index (κ3) is 4.45. The van der Waals surface area contributed by atoms with Crippen molar-refractivity contribution in [2.75, 3.05) is 33.3 Å². The molecule has 1 aromatic heterocycles. The molecular weight excluding hydrogens is 512 g/mol. The van der Waals surface area contributed by atoms with Gasteiger partial charge in [-0.1, -0.05) is 17.4 Å². The van der Waals surface area contributed by atoms with Gasteiger partial charge in [0, 0.05) is 5.56 Å². The van der Waals surface area contributed by atoms with Crippen molar-refractivity contribution in [2.45, 2.75) is 19.9 Å². The number of nitrogens with zero attached hydrogens (tertiary/aromatic N) is 2. The second kappa shape index (κ2) is 10.5. The van der Waals surface area contributed by atoms with Gasteiger partial charge in [0.1, 0.15) is 16.4 Å². The van der Waals surface area contributed by atoms with Gasteiger partial charge in [0.2, 0.25) is 0 Å². The molecule has 198 valence electrons. The Hall–Kier alpha value is -4.38. The third-order valence-corrected chi connectivity index (χ3v) is 7.33. The minimum atomic E-state index is -1.08. The third-order valence-electron chi connectivity index (χ3n) is 6.20. The Morgan fingerprint density at radius 2 is 1.61 bits per heavy atom. The summed E-state index contributed by atoms with van der Waals surface area (Å²) < 4.78 is 20.9. The summed E-state index contributed by atoms with van der Waals surface area (Å²) in [6.45, 7) is 3.40. The molecule has 1 fully saturated rings. The maximum atomic E-state index is 13.5. The molecule has 1 amide bonds. The maximum Gasteiger partial charge on any atom is 0.350 e. The Balaban J connectivity index is 1.97. The van der Waals surface area contributed by atoms with E-state index in [4.69, 9.17) is 18.9 Å². The lowest BCUT2D eigenvalue weighted by Crippen LogP contribution is -2.29. The number of rotatable bonds is 7. The number of thiazole rings is 1. The normalized spacial score (nSPS) is 16.5. The molecule has 3 aromatic rings. The van der Waals surface area contributed by atoms with Gasteiger partial charge < -0.3 is 24.1 Å². The van der Waals surface area contributed by atoms with Crippen molar-refractivity contribution < 1.29 is 38.4 Å². The van der Waals surface area contributed by atoms with Crippen molar-refractivity contribution in [1.29, 1.82) is 0 Å². The van der Waals surface area contributed by atoms with Gasteiger partial charge >= 0.3 is 11.9 Å². The Morgan fingerprint density at radius 1 is 0.947 bits per heavy atom. The fraction of sp³-hybridized carbons (Fsp3) is 0.259. The van der Waals surface area contributed by atoms with Crippen LogP contribution in [0, 0.1) is 13.8 Å². The van der Waals surface area contributed by atoms with Gasteiger partial charge in [-0.15, -0.1) is 0 Å². The summed E-state index contributed by atoms with van der Waals surface area (Å²) >= 11 is 0.919. The molecule has 1 atom stereocenters. The van der Waals surface area contributed by atoms with Crippen molar-refractivity contribution in [3.63, 3.8) is 0 Å². The number of benzene rings is 2. The monoisotopic (exact) mass is 538 g/mol. The van der Waals surface area contributed by atoms with Crippen LogP contribution in [0.25, 0.3) is 5.76 Å². The van der Waals surface area contributed by atoms with E-state index in [-0.39, 0.29) is 21.3 Å². The first-order valence-corrected chi connectivity index (χ1v) is 12.2. The molecule has 11 heteroatoms. The largest absolute Gasteiger partial charge is 0.507 e. The number of carbonyl (C=O) groups excluding carboxylic acids is 3. The van der Waals surface area contributed by atoms with Crippen molar-refractivity contribution in [2.24, 2.45) is 0 Å². The van der Waals surface area contributed by atoms with E-state index < -0.39 is 23.7 Å². The molecule has 0 aliphatic carbocycles. The quantitative estimate of drug-likeness (QED) is 0.204. The van der Waals surface area contributed by atoms with Crippen LogP contribution < -0.4 is 19.1 Å². The number of methoxy groups -OCH3 is 4. The van der Waals surface area contributed by atoms with Gasteiger partial charge in [0.05, 0.1) is 45.7 Å². The summed E-state index contributed by atoms with van der Waals surface area (Å²) in [4.78, 5) is 44.9. The van der Waals surface area contributed by atoms with Crippen LogP contribution in [0.15, 0.2) is 42.0 Å². The molecule has 1 saturated heterocycles. The molecule has 38 heavy (non-hydrogen) atoms. The minimum absolute atomic E-state index is 0.106. The fourth-order valence-electron chi connectivity index (χ4n) is 4.32. The number of hydrogen-bond donors (Lipinski definition) is 1. The number of esters is 1. The number of ether oxygens (including phenoxy) is 4. The predicted octanol–water partition coefficient (Wildman–Crippen LogP) is 4.20. The zero-order valence-electron chi connectivity index (χ0n) is 21.6. The minimum Gasteiger partial charge on any atom is -0.507 e. The number of anilines is 1. The Bertz CT molecular complexity index is 1480. The van der Waals surface area contributed by atoms with Crippen LogP contribution in [0.3, 0.4) is 0 Å². The average molecular weight is 539 g/mol. The molecule has 0 saturated carbocycles. The molecule has 1 N–H and O–H groups in total. The van der Waals surface area contributed by atoms with Crippen LogP contribution in [-0.4, -0.2) is 56.2 Å². The van der Waals surface area contributed by atoms with Crippen LogP contribution in [0.2, 0.25) is 0 Å². The Morgan fingerprint density at radius 3 is 2.21 bits per heavy atom. The number of Topliss-reactive ketones (excluding diaryl/α,β-unsaturated/α-hetero) is 1. The highest BCUT2D eigenvalue weighted by Crippen LogP contribution is 2.45. The standard InChI is InChI=1S/C27H26N2O8S/c1-13-11-16(8-9-17(13)34-3)22(30)20-21(15-7-10-18(35-4)19(12-15)36-5)29(25(32)23(20)31)27-28-14(2)24(38-27)26(33)37-6/h7-12,21,30H,1-6H3/t21-/m0/s1. The first-order chi connectivity index (χ1) is 18.2. The van der Waals surface area contributed by atoms with Crippen molar-refractivity contribution in [3.8, 4) is 17.2 Å². The number of ketones is 1. The van der Waals surface area contributed by atoms with Crippen LogP contribution in [0.5, 0.6) is 17.2 Å². The van der Waals surface area contributed by atoms with E-state index in [0.717, 1.165) is 16.9 Å². The zero-order chi connectivity index (χ0) is 27.7. The zero-order valence-corrected chi connectivity index (χ0v) is 22.5. The Labute approximate surface area is 223 Å². The van der Waals surface area contributed by atoms with Gasteiger partial charge in [-0.2, -0.15) is 0 Å². The second-order valence-corrected chi connectivity index (χ2v) is 9.35. The first-order valence-electron chi connectivity index (χ1n) is 11.4. The number of aliphatic hydroxyl groups excluding tert-OH is 1. The second-order valence-electron chi connectivity index (χ2n) is 8.37. The van der Waals surface area contributed by atoms with E-state index in [1.165, 1.54) is 33.3 Å². The van der Waals surface area contributed by atoms with Crippen molar-refractivity contribution >= 4 is 39.9 Å². The molecule has 4 rings (SSSR count). The predicted molar refractivity (Wildman–Crippen MR) is 140 cm³/mol. The lowest BCUT2D eigenvalue weighted by Gasteiger charge is -2.24. The molecular formula is C27H26N2O8S. The van der Waals surface area contributed by atoms with E-state index >= 15 is 0 Å². The van der Waals surface area contributed by atoms with Crippen LogP contribution in [0.1, 0.15) is 38.1 Å². The van der Waals surface area contributed by atoms with Crippen LogP contribution in [-0.2, 0) is 14.3 Å². The maximum absolute atomic E-state index is 13.5. The van der Waals surface area contributed by atoms with Gasteiger partial charge in [-0.3, -0.25) is 14.5 Å². The number of carbonyl (C=O) groups is 3. The molecule has 0 unspecified atom stereocenters. The van der Waals surface area contributed by atoms with Gasteiger partial charge in [-0.05, 0) is 55.3 Å². The van der Waals surface area contributed by atoms with E-state index in [2.05, 4.69) is 4.98 Å². The SMILES string of the molecule is COC(=O)c1sc(N2C(=O)C(=O)C(=C(O)c3ccc(OC)c(C)c3)[C@@H]2c2ccc(OC)c(OC)c2)nc1C. The fourth-order valence-corrected chi connectivity index (χ4v) is 5.33.